The van der Waals surface area contributed by atoms with Gasteiger partial charge in [-0.2, -0.15) is 0 Å². The van der Waals surface area contributed by atoms with Crippen LogP contribution >= 0.6 is 0 Å². The van der Waals surface area contributed by atoms with Crippen LogP contribution in [0.3, 0.4) is 0 Å². The Bertz CT molecular complexity index is 329. The monoisotopic (exact) mass is 397 g/mol. The van der Waals surface area contributed by atoms with Gasteiger partial charge in [-0.15, -0.1) is 6.58 Å². The molecular weight excluding hydrogens is 346 g/mol. The summed E-state index contributed by atoms with van der Waals surface area (Å²) in [5.74, 6) is -0.924. The summed E-state index contributed by atoms with van der Waals surface area (Å²) in [7, 11) is 0. The summed E-state index contributed by atoms with van der Waals surface area (Å²) < 4.78 is 1.33. The van der Waals surface area contributed by atoms with Gasteiger partial charge >= 0.3 is 0 Å². The predicted octanol–water partition coefficient (Wildman–Crippen LogP) is 6.27. The van der Waals surface area contributed by atoms with E-state index in [9.17, 15) is 9.90 Å². The molecule has 0 saturated carbocycles. The molecule has 0 heterocycles. The number of aliphatic carboxylic acids is 1. The Morgan fingerprint density at radius 1 is 0.750 bits per heavy atom. The molecule has 0 spiro atoms. The molecule has 0 aliphatic rings. The molecule has 0 amide bonds. The molecule has 0 aromatic carbocycles. The molecule has 3 nitrogen and oxygen atoms in total. The Morgan fingerprint density at radius 3 is 1.68 bits per heavy atom. The Morgan fingerprint density at radius 2 is 1.21 bits per heavy atom. The number of unbranched alkanes of at least 4 members (excludes halogenated alkanes) is 11. The van der Waals surface area contributed by atoms with Crippen molar-refractivity contribution in [2.45, 2.75) is 118 Å². The largest absolute Gasteiger partial charge is 0.550 e. The predicted molar refractivity (Wildman–Crippen MR) is 122 cm³/mol. The molecule has 28 heavy (non-hydrogen) atoms. The lowest BCUT2D eigenvalue weighted by atomic mass is 10.1. The second kappa shape index (κ2) is 22.5. The van der Waals surface area contributed by atoms with Crippen molar-refractivity contribution in [1.82, 2.24) is 0 Å². The van der Waals surface area contributed by atoms with Crippen LogP contribution < -0.4 is 5.11 Å². The van der Waals surface area contributed by atoms with Gasteiger partial charge in [-0.3, -0.25) is 0 Å². The van der Waals surface area contributed by atoms with Gasteiger partial charge in [-0.1, -0.05) is 64.4 Å². The molecule has 0 fully saturated rings. The first kappa shape index (κ1) is 29.4. The summed E-state index contributed by atoms with van der Waals surface area (Å²) in [5, 5.41) is 10.1. The summed E-state index contributed by atoms with van der Waals surface area (Å²) >= 11 is 0. The first-order valence-corrected chi connectivity index (χ1v) is 12.2. The molecule has 3 heteroatoms. The number of allylic oxidation sites excluding steroid dienone is 1. The van der Waals surface area contributed by atoms with E-state index in [0.29, 0.717) is 0 Å². The molecule has 0 atom stereocenters. The van der Waals surface area contributed by atoms with Crippen molar-refractivity contribution in [3.05, 3.63) is 12.7 Å². The lowest BCUT2D eigenvalue weighted by molar-refractivity contribution is -0.923. The van der Waals surface area contributed by atoms with Gasteiger partial charge in [-0.05, 0) is 59.3 Å². The SMILES string of the molecule is C=CCCCCCCCCC(=O)[O-].CCCCCCCC[N+](CC)(CC)CC. The van der Waals surface area contributed by atoms with E-state index in [1.807, 2.05) is 6.08 Å². The highest BCUT2D eigenvalue weighted by atomic mass is 16.4. The van der Waals surface area contributed by atoms with Gasteiger partial charge in [0.25, 0.3) is 0 Å². The van der Waals surface area contributed by atoms with E-state index in [1.165, 1.54) is 88.4 Å². The summed E-state index contributed by atoms with van der Waals surface area (Å²) in [4.78, 5) is 10.1. The number of hydrogen-bond acceptors (Lipinski definition) is 2. The molecule has 0 saturated heterocycles. The summed E-state index contributed by atoms with van der Waals surface area (Å²) in [6.45, 7) is 18.3. The highest BCUT2D eigenvalue weighted by Crippen LogP contribution is 2.11. The minimum Gasteiger partial charge on any atom is -0.550 e. The number of carbonyl (C=O) groups excluding carboxylic acids is 1. The molecule has 0 radical (unpaired) electrons. The maximum Gasteiger partial charge on any atom is 0.0786 e. The quantitative estimate of drug-likeness (QED) is 0.146. The van der Waals surface area contributed by atoms with Gasteiger partial charge in [0.1, 0.15) is 0 Å². The van der Waals surface area contributed by atoms with E-state index in [0.717, 1.165) is 25.7 Å². The van der Waals surface area contributed by atoms with Crippen molar-refractivity contribution >= 4 is 5.97 Å². The molecule has 0 aromatic heterocycles. The molecule has 0 aromatic rings. The number of carboxylic acids is 1. The summed E-state index contributed by atoms with van der Waals surface area (Å²) in [5.41, 5.74) is 0. The Kier molecular flexibility index (Phi) is 23.6. The van der Waals surface area contributed by atoms with Gasteiger partial charge in [0.15, 0.2) is 0 Å². The van der Waals surface area contributed by atoms with E-state index in [4.69, 9.17) is 0 Å². The second-order valence-electron chi connectivity index (χ2n) is 8.10. The summed E-state index contributed by atoms with van der Waals surface area (Å²) in [6.07, 6.45) is 18.4. The molecule has 0 unspecified atom stereocenters. The first-order chi connectivity index (χ1) is 13.5. The van der Waals surface area contributed by atoms with Crippen LogP contribution in [0.4, 0.5) is 0 Å². The van der Waals surface area contributed by atoms with Crippen molar-refractivity contribution in [3.8, 4) is 0 Å². The van der Waals surface area contributed by atoms with E-state index in [2.05, 4.69) is 34.3 Å². The van der Waals surface area contributed by atoms with E-state index >= 15 is 0 Å². The molecule has 168 valence electrons. The third-order valence-electron chi connectivity index (χ3n) is 6.04. The summed E-state index contributed by atoms with van der Waals surface area (Å²) in [6, 6.07) is 0. The van der Waals surface area contributed by atoms with Crippen LogP contribution in [-0.4, -0.2) is 36.6 Å². The minimum atomic E-state index is -0.924. The van der Waals surface area contributed by atoms with Gasteiger partial charge < -0.3 is 14.4 Å². The Balaban J connectivity index is 0. The highest BCUT2D eigenvalue weighted by molar-refractivity contribution is 5.63. The molecule has 0 bridgehead atoms. The Labute approximate surface area is 177 Å². The zero-order valence-corrected chi connectivity index (χ0v) is 19.8. The minimum absolute atomic E-state index is 0.215. The maximum absolute atomic E-state index is 10.1. The van der Waals surface area contributed by atoms with Crippen LogP contribution in [0, 0.1) is 0 Å². The zero-order chi connectivity index (χ0) is 21.5. The van der Waals surface area contributed by atoms with Crippen LogP contribution in [0.1, 0.15) is 118 Å². The maximum atomic E-state index is 10.1. The topological polar surface area (TPSA) is 40.1 Å². The lowest BCUT2D eigenvalue weighted by Crippen LogP contribution is -2.48. The van der Waals surface area contributed by atoms with Gasteiger partial charge in [0.2, 0.25) is 0 Å². The number of carbonyl (C=O) groups is 1. The average Bonchev–Trinajstić information content (AvgIpc) is 2.70. The lowest BCUT2D eigenvalue weighted by Gasteiger charge is -2.35. The van der Waals surface area contributed by atoms with E-state index in [-0.39, 0.29) is 6.42 Å². The fourth-order valence-corrected chi connectivity index (χ4v) is 3.64. The van der Waals surface area contributed by atoms with Crippen molar-refractivity contribution in [2.75, 3.05) is 26.2 Å². The van der Waals surface area contributed by atoms with Crippen LogP contribution in [0.25, 0.3) is 0 Å². The number of hydrogen-bond donors (Lipinski definition) is 0. The van der Waals surface area contributed by atoms with Crippen LogP contribution in [0.15, 0.2) is 12.7 Å². The van der Waals surface area contributed by atoms with E-state index < -0.39 is 5.97 Å². The third-order valence-corrected chi connectivity index (χ3v) is 6.04. The molecule has 0 aliphatic heterocycles. The smallest absolute Gasteiger partial charge is 0.0786 e. The van der Waals surface area contributed by atoms with Crippen molar-refractivity contribution in [3.63, 3.8) is 0 Å². The number of carboxylic acid groups (broad SMARTS) is 1. The van der Waals surface area contributed by atoms with Crippen molar-refractivity contribution in [2.24, 2.45) is 0 Å². The molecule has 0 aliphatic carbocycles. The fraction of sp³-hybridized carbons (Fsp3) is 0.880. The fourth-order valence-electron chi connectivity index (χ4n) is 3.64. The van der Waals surface area contributed by atoms with E-state index in [1.54, 1.807) is 0 Å². The van der Waals surface area contributed by atoms with Gasteiger partial charge in [0.05, 0.1) is 26.2 Å². The second-order valence-corrected chi connectivity index (χ2v) is 8.10. The van der Waals surface area contributed by atoms with Crippen LogP contribution in [0.2, 0.25) is 0 Å². The standard InChI is InChI=1S/C14H32N.C11H20O2/c1-5-9-10-11-12-13-14-15(6-2,7-3)8-4;1-2-3-4-5-6-7-8-9-10-11(12)13/h5-14H2,1-4H3;2H,1,3-10H2,(H,12,13)/q+1;/p-1. The normalized spacial score (nSPS) is 11.0. The third kappa shape index (κ3) is 19.9. The number of rotatable bonds is 19. The highest BCUT2D eigenvalue weighted by Gasteiger charge is 2.19. The van der Waals surface area contributed by atoms with Crippen LogP contribution in [0.5, 0.6) is 0 Å². The first-order valence-electron chi connectivity index (χ1n) is 12.2. The van der Waals surface area contributed by atoms with Gasteiger partial charge in [0, 0.05) is 5.97 Å². The zero-order valence-electron chi connectivity index (χ0n) is 19.8. The molecule has 0 N–H and O–H groups in total. The molecule has 0 rings (SSSR count). The number of nitrogens with zero attached hydrogens (tertiary/aromatic N) is 1. The molecular formula is C25H51NO2. The van der Waals surface area contributed by atoms with Crippen molar-refractivity contribution in [1.29, 1.82) is 0 Å². The Hall–Kier alpha value is -0.830. The van der Waals surface area contributed by atoms with Gasteiger partial charge in [-0.25, -0.2) is 0 Å². The average molecular weight is 398 g/mol. The number of quaternary nitrogens is 1. The van der Waals surface area contributed by atoms with Crippen LogP contribution in [-0.2, 0) is 4.79 Å². The van der Waals surface area contributed by atoms with Crippen molar-refractivity contribution < 1.29 is 14.4 Å².